The van der Waals surface area contributed by atoms with Crippen molar-refractivity contribution in [3.63, 3.8) is 0 Å². The van der Waals surface area contributed by atoms with Crippen molar-refractivity contribution in [2.24, 2.45) is 0 Å². The molecule has 1 aliphatic rings. The second kappa shape index (κ2) is 7.78. The number of amides is 1. The van der Waals surface area contributed by atoms with Crippen molar-refractivity contribution >= 4 is 24.0 Å². The van der Waals surface area contributed by atoms with Crippen LogP contribution >= 0.6 is 12.4 Å². The van der Waals surface area contributed by atoms with E-state index in [1.165, 1.54) is 5.56 Å². The van der Waals surface area contributed by atoms with Crippen LogP contribution in [0, 0.1) is 20.8 Å². The van der Waals surface area contributed by atoms with Crippen molar-refractivity contribution < 1.29 is 4.79 Å². The van der Waals surface area contributed by atoms with Gasteiger partial charge in [-0.2, -0.15) is 0 Å². The van der Waals surface area contributed by atoms with Crippen LogP contribution in [0.3, 0.4) is 0 Å². The van der Waals surface area contributed by atoms with Gasteiger partial charge in [-0.3, -0.25) is 9.69 Å². The first-order chi connectivity index (χ1) is 9.45. The number of hydrogen-bond donors (Lipinski definition) is 2. The zero-order chi connectivity index (χ0) is 14.7. The van der Waals surface area contributed by atoms with Crippen LogP contribution in [0.5, 0.6) is 0 Å². The number of hydrogen-bond acceptors (Lipinski definition) is 3. The second-order valence-corrected chi connectivity index (χ2v) is 5.91. The van der Waals surface area contributed by atoms with E-state index in [4.69, 9.17) is 0 Å². The molecule has 0 bridgehead atoms. The molecule has 0 aliphatic carbocycles. The minimum Gasteiger partial charge on any atom is -0.324 e. The lowest BCUT2D eigenvalue weighted by Gasteiger charge is -2.31. The minimum atomic E-state index is 0. The highest BCUT2D eigenvalue weighted by molar-refractivity contribution is 5.93. The number of carbonyl (C=O) groups excluding carboxylic acids is 1. The van der Waals surface area contributed by atoms with Gasteiger partial charge in [0.2, 0.25) is 5.91 Å². The molecule has 1 saturated heterocycles. The predicted octanol–water partition coefficient (Wildman–Crippen LogP) is 2.27. The van der Waals surface area contributed by atoms with Gasteiger partial charge in [0.15, 0.2) is 0 Å². The summed E-state index contributed by atoms with van der Waals surface area (Å²) in [7, 11) is 0. The number of benzene rings is 1. The molecule has 118 valence electrons. The fourth-order valence-electron chi connectivity index (χ4n) is 2.92. The smallest absolute Gasteiger partial charge is 0.238 e. The molecule has 2 rings (SSSR count). The first-order valence-corrected chi connectivity index (χ1v) is 7.29. The molecule has 1 amide bonds. The topological polar surface area (TPSA) is 44.4 Å². The molecule has 0 radical (unpaired) electrons. The highest BCUT2D eigenvalue weighted by Crippen LogP contribution is 2.21. The summed E-state index contributed by atoms with van der Waals surface area (Å²) < 4.78 is 0. The highest BCUT2D eigenvalue weighted by atomic mass is 35.5. The number of piperazine rings is 1. The Morgan fingerprint density at radius 1 is 1.33 bits per heavy atom. The molecular weight excluding hydrogens is 286 g/mol. The number of halogens is 1. The van der Waals surface area contributed by atoms with Crippen molar-refractivity contribution in [1.82, 2.24) is 10.2 Å². The lowest BCUT2D eigenvalue weighted by atomic mass is 10.1. The van der Waals surface area contributed by atoms with Crippen LogP contribution in [-0.4, -0.2) is 43.0 Å². The second-order valence-electron chi connectivity index (χ2n) is 5.91. The van der Waals surface area contributed by atoms with Gasteiger partial charge in [0.1, 0.15) is 0 Å². The van der Waals surface area contributed by atoms with Crippen LogP contribution in [0.4, 0.5) is 5.69 Å². The van der Waals surface area contributed by atoms with Gasteiger partial charge in [-0.25, -0.2) is 0 Å². The molecule has 0 saturated carbocycles. The molecule has 0 aromatic heterocycles. The average molecular weight is 312 g/mol. The summed E-state index contributed by atoms with van der Waals surface area (Å²) in [5, 5.41) is 6.45. The van der Waals surface area contributed by atoms with Gasteiger partial charge in [-0.15, -0.1) is 12.4 Å². The molecule has 4 nitrogen and oxygen atoms in total. The largest absolute Gasteiger partial charge is 0.324 e. The minimum absolute atomic E-state index is 0. The van der Waals surface area contributed by atoms with E-state index in [1.807, 2.05) is 13.8 Å². The van der Waals surface area contributed by atoms with Crippen molar-refractivity contribution in [1.29, 1.82) is 0 Å². The van der Waals surface area contributed by atoms with Gasteiger partial charge in [-0.1, -0.05) is 17.7 Å². The van der Waals surface area contributed by atoms with Crippen LogP contribution in [0.25, 0.3) is 0 Å². The van der Waals surface area contributed by atoms with Crippen LogP contribution < -0.4 is 10.6 Å². The average Bonchev–Trinajstić information content (AvgIpc) is 2.33. The number of aryl methyl sites for hydroxylation is 3. The third-order valence-corrected chi connectivity index (χ3v) is 3.76. The summed E-state index contributed by atoms with van der Waals surface area (Å²) in [6, 6.07) is 4.67. The molecule has 1 aromatic carbocycles. The predicted molar refractivity (Wildman–Crippen MR) is 90.4 cm³/mol. The molecule has 2 N–H and O–H groups in total. The first-order valence-electron chi connectivity index (χ1n) is 7.29. The van der Waals surface area contributed by atoms with E-state index in [2.05, 4.69) is 41.5 Å². The Balaban J connectivity index is 0.00000220. The molecular formula is C16H26ClN3O. The van der Waals surface area contributed by atoms with Crippen LogP contribution in [0.2, 0.25) is 0 Å². The normalized spacial score (nSPS) is 19.0. The van der Waals surface area contributed by atoms with E-state index in [0.29, 0.717) is 12.6 Å². The summed E-state index contributed by atoms with van der Waals surface area (Å²) >= 11 is 0. The molecule has 0 spiro atoms. The Labute approximate surface area is 133 Å². The van der Waals surface area contributed by atoms with E-state index < -0.39 is 0 Å². The molecule has 1 fully saturated rings. The maximum absolute atomic E-state index is 12.2. The summed E-state index contributed by atoms with van der Waals surface area (Å²) in [5.41, 5.74) is 4.45. The van der Waals surface area contributed by atoms with E-state index in [1.54, 1.807) is 0 Å². The Bertz CT molecular complexity index is 481. The molecule has 1 unspecified atom stereocenters. The Morgan fingerprint density at radius 2 is 1.95 bits per heavy atom. The van der Waals surface area contributed by atoms with Gasteiger partial charge >= 0.3 is 0 Å². The summed E-state index contributed by atoms with van der Waals surface area (Å²) in [5.74, 6) is 0.0779. The number of anilines is 1. The zero-order valence-corrected chi connectivity index (χ0v) is 14.1. The SMILES string of the molecule is Cc1cc(C)c(NC(=O)CN2CCNC(C)C2)c(C)c1.Cl. The Morgan fingerprint density at radius 3 is 2.52 bits per heavy atom. The van der Waals surface area contributed by atoms with Crippen LogP contribution in [-0.2, 0) is 4.79 Å². The Kier molecular flexibility index (Phi) is 6.65. The number of carbonyl (C=O) groups is 1. The standard InChI is InChI=1S/C16H25N3O.ClH/c1-11-7-12(2)16(13(3)8-11)18-15(20)10-19-6-5-17-14(4)9-19;/h7-8,14,17H,5-6,9-10H2,1-4H3,(H,18,20);1H. The van der Waals surface area contributed by atoms with Gasteiger partial charge in [-0.05, 0) is 38.8 Å². The maximum Gasteiger partial charge on any atom is 0.238 e. The molecule has 1 heterocycles. The van der Waals surface area contributed by atoms with Gasteiger partial charge < -0.3 is 10.6 Å². The van der Waals surface area contributed by atoms with Crippen LogP contribution in [0.15, 0.2) is 12.1 Å². The third kappa shape index (κ3) is 4.99. The monoisotopic (exact) mass is 311 g/mol. The lowest BCUT2D eigenvalue weighted by molar-refractivity contribution is -0.117. The van der Waals surface area contributed by atoms with Gasteiger partial charge in [0.05, 0.1) is 6.54 Å². The molecule has 21 heavy (non-hydrogen) atoms. The third-order valence-electron chi connectivity index (χ3n) is 3.76. The Hall–Kier alpha value is -1.10. The van der Waals surface area contributed by atoms with Crippen molar-refractivity contribution in [2.45, 2.75) is 33.7 Å². The van der Waals surface area contributed by atoms with Crippen molar-refractivity contribution in [2.75, 3.05) is 31.5 Å². The molecule has 5 heteroatoms. The number of nitrogens with one attached hydrogen (secondary N) is 2. The van der Waals surface area contributed by atoms with Gasteiger partial charge in [0.25, 0.3) is 0 Å². The molecule has 1 aliphatic heterocycles. The maximum atomic E-state index is 12.2. The highest BCUT2D eigenvalue weighted by Gasteiger charge is 2.18. The number of rotatable bonds is 3. The summed E-state index contributed by atoms with van der Waals surface area (Å²) in [6.07, 6.45) is 0. The molecule has 1 atom stereocenters. The zero-order valence-electron chi connectivity index (χ0n) is 13.3. The van der Waals surface area contributed by atoms with Crippen molar-refractivity contribution in [3.05, 3.63) is 28.8 Å². The quantitative estimate of drug-likeness (QED) is 0.900. The number of nitrogens with zero attached hydrogens (tertiary/aromatic N) is 1. The van der Waals surface area contributed by atoms with E-state index in [9.17, 15) is 4.79 Å². The van der Waals surface area contributed by atoms with E-state index in [0.717, 1.165) is 36.4 Å². The van der Waals surface area contributed by atoms with E-state index >= 15 is 0 Å². The first kappa shape index (κ1) is 18.0. The fraction of sp³-hybridized carbons (Fsp3) is 0.562. The summed E-state index contributed by atoms with van der Waals surface area (Å²) in [4.78, 5) is 14.4. The van der Waals surface area contributed by atoms with Crippen LogP contribution in [0.1, 0.15) is 23.6 Å². The van der Waals surface area contributed by atoms with E-state index in [-0.39, 0.29) is 18.3 Å². The fourth-order valence-corrected chi connectivity index (χ4v) is 2.92. The lowest BCUT2D eigenvalue weighted by Crippen LogP contribution is -2.51. The van der Waals surface area contributed by atoms with Crippen molar-refractivity contribution in [3.8, 4) is 0 Å². The van der Waals surface area contributed by atoms with Gasteiger partial charge in [0, 0.05) is 31.4 Å². The molecule has 1 aromatic rings. The summed E-state index contributed by atoms with van der Waals surface area (Å²) in [6.45, 7) is 11.6.